The van der Waals surface area contributed by atoms with Crippen LogP contribution in [-0.4, -0.2) is 26.7 Å². The molecule has 2 atom stereocenters. The van der Waals surface area contributed by atoms with Gasteiger partial charge in [-0.25, -0.2) is 4.98 Å². The van der Waals surface area contributed by atoms with Crippen molar-refractivity contribution in [2.45, 2.75) is 25.2 Å². The van der Waals surface area contributed by atoms with Crippen LogP contribution in [0, 0.1) is 5.92 Å². The first kappa shape index (κ1) is 17.1. The van der Waals surface area contributed by atoms with Gasteiger partial charge < -0.3 is 9.52 Å². The lowest BCUT2D eigenvalue weighted by Gasteiger charge is -2.03. The average Bonchev–Trinajstić information content (AvgIpc) is 3.36. The Hall–Kier alpha value is -3.05. The molecule has 0 radical (unpaired) electrons. The van der Waals surface area contributed by atoms with Crippen LogP contribution in [0.3, 0.4) is 0 Å². The molecule has 140 valence electrons. The molecule has 0 saturated heterocycles. The number of hydrogen-bond donors (Lipinski definition) is 1. The third-order valence-corrected chi connectivity index (χ3v) is 5.40. The van der Waals surface area contributed by atoms with Gasteiger partial charge in [-0.05, 0) is 72.6 Å². The summed E-state index contributed by atoms with van der Waals surface area (Å²) in [6.07, 6.45) is 6.45. The largest absolute Gasteiger partial charge is 0.435 e. The summed E-state index contributed by atoms with van der Waals surface area (Å²) in [5, 5.41) is 9.00. The van der Waals surface area contributed by atoms with Crippen molar-refractivity contribution in [1.29, 1.82) is 0 Å². The highest BCUT2D eigenvalue weighted by molar-refractivity contribution is 5.76. The van der Waals surface area contributed by atoms with Crippen LogP contribution in [-0.2, 0) is 12.8 Å². The van der Waals surface area contributed by atoms with Crippen LogP contribution in [0.2, 0.25) is 0 Å². The molecule has 1 saturated carbocycles. The molecule has 0 spiro atoms. The lowest BCUT2D eigenvalue weighted by Crippen LogP contribution is -1.97. The first-order valence-corrected chi connectivity index (χ1v) is 9.67. The summed E-state index contributed by atoms with van der Waals surface area (Å²) in [6, 6.07) is 16.2. The fourth-order valence-electron chi connectivity index (χ4n) is 3.78. The van der Waals surface area contributed by atoms with Crippen molar-refractivity contribution in [3.05, 3.63) is 77.7 Å². The predicted molar refractivity (Wildman–Crippen MR) is 107 cm³/mol. The second-order valence-corrected chi connectivity index (χ2v) is 7.40. The molecular formula is C23H21N3O2. The van der Waals surface area contributed by atoms with Crippen molar-refractivity contribution < 1.29 is 9.52 Å². The Morgan fingerprint density at radius 2 is 2.04 bits per heavy atom. The van der Waals surface area contributed by atoms with Gasteiger partial charge in [0.15, 0.2) is 5.58 Å². The molecule has 1 fully saturated rings. The molecular weight excluding hydrogens is 350 g/mol. The predicted octanol–water partition coefficient (Wildman–Crippen LogP) is 4.17. The smallest absolute Gasteiger partial charge is 0.246 e. The Morgan fingerprint density at radius 1 is 1.07 bits per heavy atom. The number of rotatable bonds is 6. The summed E-state index contributed by atoms with van der Waals surface area (Å²) < 4.78 is 5.86. The Bertz CT molecular complexity index is 1090. The van der Waals surface area contributed by atoms with Crippen molar-refractivity contribution in [3.63, 3.8) is 0 Å². The lowest BCUT2D eigenvalue weighted by atomic mass is 10.1. The number of aromatic nitrogens is 3. The number of aliphatic hydroxyl groups excluding tert-OH is 1. The summed E-state index contributed by atoms with van der Waals surface area (Å²) >= 11 is 0. The maximum absolute atomic E-state index is 9.00. The van der Waals surface area contributed by atoms with Gasteiger partial charge in [0, 0.05) is 24.7 Å². The second kappa shape index (κ2) is 7.17. The Kier molecular flexibility index (Phi) is 4.37. The van der Waals surface area contributed by atoms with E-state index < -0.39 is 0 Å². The average molecular weight is 371 g/mol. The third kappa shape index (κ3) is 3.41. The molecule has 1 N–H and O–H groups in total. The van der Waals surface area contributed by atoms with Crippen LogP contribution in [0.25, 0.3) is 22.7 Å². The SMILES string of the molecule is OCCc1ccc(CC2CC2c2ccc3oc(-c4ccccn4)nc3c2)nc1. The van der Waals surface area contributed by atoms with E-state index in [9.17, 15) is 0 Å². The fraction of sp³-hybridized carbons (Fsp3) is 0.261. The molecule has 1 aliphatic carbocycles. The number of aliphatic hydroxyl groups is 1. The summed E-state index contributed by atoms with van der Waals surface area (Å²) in [7, 11) is 0. The monoisotopic (exact) mass is 371 g/mol. The molecule has 5 nitrogen and oxygen atoms in total. The number of nitrogens with zero attached hydrogens (tertiary/aromatic N) is 3. The molecule has 5 heteroatoms. The topological polar surface area (TPSA) is 72.0 Å². The summed E-state index contributed by atoms with van der Waals surface area (Å²) in [5.41, 5.74) is 5.95. The molecule has 1 aliphatic rings. The van der Waals surface area contributed by atoms with Crippen LogP contribution >= 0.6 is 0 Å². The van der Waals surface area contributed by atoms with Gasteiger partial charge in [-0.15, -0.1) is 0 Å². The van der Waals surface area contributed by atoms with Gasteiger partial charge in [0.25, 0.3) is 0 Å². The molecule has 28 heavy (non-hydrogen) atoms. The van der Waals surface area contributed by atoms with E-state index in [1.54, 1.807) is 6.20 Å². The first-order chi connectivity index (χ1) is 13.8. The molecule has 0 bridgehead atoms. The van der Waals surface area contributed by atoms with Gasteiger partial charge in [-0.3, -0.25) is 9.97 Å². The van der Waals surface area contributed by atoms with Gasteiger partial charge in [0.2, 0.25) is 5.89 Å². The van der Waals surface area contributed by atoms with E-state index in [0.717, 1.165) is 34.5 Å². The number of hydrogen-bond acceptors (Lipinski definition) is 5. The quantitative estimate of drug-likeness (QED) is 0.551. The van der Waals surface area contributed by atoms with E-state index in [2.05, 4.69) is 39.2 Å². The summed E-state index contributed by atoms with van der Waals surface area (Å²) in [5.74, 6) is 1.74. The van der Waals surface area contributed by atoms with Crippen molar-refractivity contribution in [1.82, 2.24) is 15.0 Å². The zero-order valence-electron chi connectivity index (χ0n) is 15.5. The van der Waals surface area contributed by atoms with Crippen LogP contribution < -0.4 is 0 Å². The molecule has 1 aromatic carbocycles. The maximum Gasteiger partial charge on any atom is 0.246 e. The minimum atomic E-state index is 0.165. The van der Waals surface area contributed by atoms with Gasteiger partial charge >= 0.3 is 0 Å². The van der Waals surface area contributed by atoms with Crippen LogP contribution in [0.4, 0.5) is 0 Å². The van der Waals surface area contributed by atoms with Crippen LogP contribution in [0.15, 0.2) is 65.3 Å². The zero-order valence-corrected chi connectivity index (χ0v) is 15.5. The van der Waals surface area contributed by atoms with Crippen molar-refractivity contribution in [2.24, 2.45) is 5.92 Å². The van der Waals surface area contributed by atoms with E-state index in [1.807, 2.05) is 30.5 Å². The van der Waals surface area contributed by atoms with E-state index in [4.69, 9.17) is 9.52 Å². The Morgan fingerprint density at radius 3 is 2.82 bits per heavy atom. The fourth-order valence-corrected chi connectivity index (χ4v) is 3.78. The molecule has 2 unspecified atom stereocenters. The Labute approximate surface area is 163 Å². The molecule has 3 aromatic heterocycles. The van der Waals surface area contributed by atoms with E-state index >= 15 is 0 Å². The minimum absolute atomic E-state index is 0.165. The van der Waals surface area contributed by atoms with E-state index in [-0.39, 0.29) is 6.61 Å². The number of fused-ring (bicyclic) bond motifs is 1. The van der Waals surface area contributed by atoms with Gasteiger partial charge in [-0.2, -0.15) is 0 Å². The minimum Gasteiger partial charge on any atom is -0.435 e. The standard InChI is InChI=1S/C23H21N3O2/c27-10-8-15-4-6-18(25-14-15)11-17-12-19(17)16-5-7-22-21(13-16)26-23(28-22)20-3-1-2-9-24-20/h1-7,9,13-14,17,19,27H,8,10-12H2. The molecule has 5 rings (SSSR count). The van der Waals surface area contributed by atoms with Crippen molar-refractivity contribution in [2.75, 3.05) is 6.61 Å². The van der Waals surface area contributed by atoms with Crippen LogP contribution in [0.5, 0.6) is 0 Å². The number of oxazole rings is 1. The lowest BCUT2D eigenvalue weighted by molar-refractivity contribution is 0.299. The maximum atomic E-state index is 9.00. The highest BCUT2D eigenvalue weighted by atomic mass is 16.3. The highest BCUT2D eigenvalue weighted by Crippen LogP contribution is 2.49. The molecule has 0 amide bonds. The summed E-state index contributed by atoms with van der Waals surface area (Å²) in [4.78, 5) is 13.5. The van der Waals surface area contributed by atoms with Gasteiger partial charge in [-0.1, -0.05) is 18.2 Å². The number of pyridine rings is 2. The second-order valence-electron chi connectivity index (χ2n) is 7.40. The van der Waals surface area contributed by atoms with E-state index in [0.29, 0.717) is 24.1 Å². The van der Waals surface area contributed by atoms with Crippen molar-refractivity contribution in [3.8, 4) is 11.6 Å². The zero-order chi connectivity index (χ0) is 18.9. The van der Waals surface area contributed by atoms with E-state index in [1.165, 1.54) is 12.0 Å². The van der Waals surface area contributed by atoms with Gasteiger partial charge in [0.1, 0.15) is 11.2 Å². The van der Waals surface area contributed by atoms with Crippen molar-refractivity contribution >= 4 is 11.1 Å². The van der Waals surface area contributed by atoms with Gasteiger partial charge in [0.05, 0.1) is 0 Å². The van der Waals surface area contributed by atoms with Crippen LogP contribution in [0.1, 0.15) is 29.2 Å². The molecule has 4 aromatic rings. The molecule has 0 aliphatic heterocycles. The third-order valence-electron chi connectivity index (χ3n) is 5.40. The highest BCUT2D eigenvalue weighted by Gasteiger charge is 2.38. The summed E-state index contributed by atoms with van der Waals surface area (Å²) in [6.45, 7) is 0.165. The molecule has 3 heterocycles. The first-order valence-electron chi connectivity index (χ1n) is 9.67. The Balaban J connectivity index is 1.30. The normalized spacial score (nSPS) is 18.5. The number of benzene rings is 1.